The summed E-state index contributed by atoms with van der Waals surface area (Å²) in [7, 11) is 0. The van der Waals surface area contributed by atoms with Crippen molar-refractivity contribution >= 4 is 5.97 Å². The summed E-state index contributed by atoms with van der Waals surface area (Å²) in [6.45, 7) is 0. The third kappa shape index (κ3) is 3.52. The Morgan fingerprint density at radius 3 is 1.55 bits per heavy atom. The summed E-state index contributed by atoms with van der Waals surface area (Å²) in [6.07, 6.45) is 2.71. The highest BCUT2D eigenvalue weighted by Crippen LogP contribution is 2.34. The molecule has 0 unspecified atom stereocenters. The Morgan fingerprint density at radius 1 is 0.850 bits per heavy atom. The first-order valence-corrected chi connectivity index (χ1v) is 5.78. The minimum atomic E-state index is -0.245. The van der Waals surface area contributed by atoms with Gasteiger partial charge in [0.25, 0.3) is 0 Å². The summed E-state index contributed by atoms with van der Waals surface area (Å²) in [5.41, 5.74) is 0. The maximum absolute atomic E-state index is 9.59. The molecule has 2 aromatic carbocycles. The highest BCUT2D eigenvalue weighted by Gasteiger charge is 2.05. The van der Waals surface area contributed by atoms with E-state index in [4.69, 9.17) is 4.74 Å². The fourth-order valence-electron chi connectivity index (χ4n) is 1.33. The van der Waals surface area contributed by atoms with Gasteiger partial charge in [-0.15, -0.1) is 0 Å². The van der Waals surface area contributed by atoms with Crippen LogP contribution >= 0.6 is 0 Å². The van der Waals surface area contributed by atoms with Crippen LogP contribution in [0.15, 0.2) is 60.9 Å². The first kappa shape index (κ1) is 13.5. The van der Waals surface area contributed by atoms with E-state index in [1.54, 1.807) is 36.4 Å². The molecule has 2 aromatic rings. The molecule has 0 bridgehead atoms. The standard InChI is InChI=1S/C12H10O3.C3H2O2/c13-9-5-1-3-7-11(9)15-12-8-4-2-6-10(12)14;4-3-1-2-5-3/h1-8,13-14H;1-2H. The third-order valence-electron chi connectivity index (χ3n) is 2.34. The maximum atomic E-state index is 9.59. The van der Waals surface area contributed by atoms with Crippen molar-refractivity contribution in [3.63, 3.8) is 0 Å². The van der Waals surface area contributed by atoms with E-state index in [2.05, 4.69) is 4.74 Å². The Hall–Kier alpha value is -2.95. The molecular formula is C15H12O5. The van der Waals surface area contributed by atoms with Crippen molar-refractivity contribution in [3.05, 3.63) is 60.9 Å². The summed E-state index contributed by atoms with van der Waals surface area (Å²) in [5.74, 6) is 0.476. The van der Waals surface area contributed by atoms with Crippen molar-refractivity contribution in [3.8, 4) is 23.0 Å². The van der Waals surface area contributed by atoms with Crippen LogP contribution in [-0.2, 0) is 9.53 Å². The van der Waals surface area contributed by atoms with Gasteiger partial charge in [0.05, 0.1) is 6.08 Å². The summed E-state index contributed by atoms with van der Waals surface area (Å²) in [6, 6.07) is 13.2. The van der Waals surface area contributed by atoms with Gasteiger partial charge < -0.3 is 19.7 Å². The number of phenolic OH excluding ortho intramolecular Hbond substituents is 2. The zero-order valence-electron chi connectivity index (χ0n) is 10.4. The molecule has 1 aliphatic heterocycles. The van der Waals surface area contributed by atoms with E-state index in [9.17, 15) is 15.0 Å². The molecule has 5 nitrogen and oxygen atoms in total. The predicted molar refractivity (Wildman–Crippen MR) is 71.5 cm³/mol. The van der Waals surface area contributed by atoms with Crippen molar-refractivity contribution in [2.24, 2.45) is 0 Å². The second-order valence-electron chi connectivity index (χ2n) is 3.78. The number of esters is 1. The zero-order chi connectivity index (χ0) is 14.4. The van der Waals surface area contributed by atoms with Gasteiger partial charge in [0, 0.05) is 0 Å². The molecule has 1 heterocycles. The van der Waals surface area contributed by atoms with Crippen LogP contribution in [0.2, 0.25) is 0 Å². The molecule has 0 saturated heterocycles. The van der Waals surface area contributed by atoms with Gasteiger partial charge in [-0.1, -0.05) is 24.3 Å². The molecule has 20 heavy (non-hydrogen) atoms. The SMILES string of the molecule is O=C1C=CO1.Oc1ccccc1Oc1ccccc1O. The van der Waals surface area contributed by atoms with Gasteiger partial charge in [0.15, 0.2) is 23.0 Å². The van der Waals surface area contributed by atoms with Crippen LogP contribution in [0, 0.1) is 0 Å². The lowest BCUT2D eigenvalue weighted by atomic mass is 10.3. The molecular weight excluding hydrogens is 260 g/mol. The van der Waals surface area contributed by atoms with Crippen LogP contribution in [0.1, 0.15) is 0 Å². The molecule has 0 spiro atoms. The topological polar surface area (TPSA) is 76.0 Å². The Labute approximate surface area is 115 Å². The van der Waals surface area contributed by atoms with Crippen molar-refractivity contribution in [1.82, 2.24) is 0 Å². The number of hydrogen-bond donors (Lipinski definition) is 2. The predicted octanol–water partition coefficient (Wildman–Crippen LogP) is 2.95. The minimum absolute atomic E-state index is 0.0424. The van der Waals surface area contributed by atoms with E-state index in [1.165, 1.54) is 24.5 Å². The van der Waals surface area contributed by atoms with E-state index in [0.717, 1.165) is 0 Å². The smallest absolute Gasteiger partial charge is 0.338 e. The Kier molecular flexibility index (Phi) is 4.24. The van der Waals surface area contributed by atoms with E-state index in [0.29, 0.717) is 11.5 Å². The summed E-state index contributed by atoms with van der Waals surface area (Å²) >= 11 is 0. The van der Waals surface area contributed by atoms with Crippen LogP contribution in [-0.4, -0.2) is 16.2 Å². The molecule has 1 aliphatic rings. The first-order chi connectivity index (χ1) is 9.66. The molecule has 5 heteroatoms. The Balaban J connectivity index is 0.000000247. The lowest BCUT2D eigenvalue weighted by Crippen LogP contribution is -2.01. The molecule has 0 aliphatic carbocycles. The maximum Gasteiger partial charge on any atom is 0.338 e. The second-order valence-corrected chi connectivity index (χ2v) is 3.78. The molecule has 0 radical (unpaired) electrons. The summed E-state index contributed by atoms with van der Waals surface area (Å²) < 4.78 is 9.45. The van der Waals surface area contributed by atoms with Crippen LogP contribution in [0.25, 0.3) is 0 Å². The van der Waals surface area contributed by atoms with Gasteiger partial charge in [-0.05, 0) is 24.3 Å². The number of aromatic hydroxyl groups is 2. The first-order valence-electron chi connectivity index (χ1n) is 5.78. The number of carbonyl (C=O) groups is 1. The van der Waals surface area contributed by atoms with Crippen molar-refractivity contribution < 1.29 is 24.5 Å². The quantitative estimate of drug-likeness (QED) is 0.822. The lowest BCUT2D eigenvalue weighted by molar-refractivity contribution is -0.136. The van der Waals surface area contributed by atoms with Crippen molar-refractivity contribution in [1.29, 1.82) is 0 Å². The molecule has 3 rings (SSSR count). The largest absolute Gasteiger partial charge is 0.504 e. The number of benzene rings is 2. The van der Waals surface area contributed by atoms with E-state index in [-0.39, 0.29) is 17.5 Å². The molecule has 0 atom stereocenters. The van der Waals surface area contributed by atoms with Gasteiger partial charge >= 0.3 is 5.97 Å². The number of ether oxygens (including phenoxy) is 2. The fourth-order valence-corrected chi connectivity index (χ4v) is 1.33. The number of rotatable bonds is 2. The Morgan fingerprint density at radius 2 is 1.25 bits per heavy atom. The molecule has 0 fully saturated rings. The summed E-state index contributed by atoms with van der Waals surface area (Å²) in [4.78, 5) is 9.59. The summed E-state index contributed by atoms with van der Waals surface area (Å²) in [5, 5.41) is 18.9. The highest BCUT2D eigenvalue weighted by molar-refractivity contribution is 5.86. The number of carbonyl (C=O) groups excluding carboxylic acids is 1. The van der Waals surface area contributed by atoms with Gasteiger partial charge in [-0.3, -0.25) is 0 Å². The third-order valence-corrected chi connectivity index (χ3v) is 2.34. The van der Waals surface area contributed by atoms with Crippen LogP contribution < -0.4 is 4.74 Å². The molecule has 102 valence electrons. The number of cyclic esters (lactones) is 1. The normalized spacial score (nSPS) is 11.7. The minimum Gasteiger partial charge on any atom is -0.504 e. The van der Waals surface area contributed by atoms with E-state index >= 15 is 0 Å². The van der Waals surface area contributed by atoms with Gasteiger partial charge in [0.2, 0.25) is 0 Å². The molecule has 2 N–H and O–H groups in total. The average Bonchev–Trinajstić information content (AvgIpc) is 2.42. The van der Waals surface area contributed by atoms with Crippen molar-refractivity contribution in [2.75, 3.05) is 0 Å². The van der Waals surface area contributed by atoms with Gasteiger partial charge in [-0.25, -0.2) is 4.79 Å². The fraction of sp³-hybridized carbons (Fsp3) is 0. The molecule has 0 saturated carbocycles. The number of para-hydroxylation sites is 4. The van der Waals surface area contributed by atoms with Gasteiger partial charge in [-0.2, -0.15) is 0 Å². The lowest BCUT2D eigenvalue weighted by Gasteiger charge is -2.08. The van der Waals surface area contributed by atoms with Crippen LogP contribution in [0.4, 0.5) is 0 Å². The average molecular weight is 272 g/mol. The second kappa shape index (κ2) is 6.29. The highest BCUT2D eigenvalue weighted by atomic mass is 16.5. The monoisotopic (exact) mass is 272 g/mol. The van der Waals surface area contributed by atoms with Gasteiger partial charge in [0.1, 0.15) is 6.26 Å². The molecule has 0 amide bonds. The molecule has 0 aromatic heterocycles. The van der Waals surface area contributed by atoms with Crippen LogP contribution in [0.5, 0.6) is 23.0 Å². The zero-order valence-corrected chi connectivity index (χ0v) is 10.4. The number of hydrogen-bond acceptors (Lipinski definition) is 5. The number of phenols is 2. The Bertz CT molecular complexity index is 590. The van der Waals surface area contributed by atoms with Crippen LogP contribution in [0.3, 0.4) is 0 Å². The van der Waals surface area contributed by atoms with E-state index < -0.39 is 0 Å². The van der Waals surface area contributed by atoms with E-state index in [1.807, 2.05) is 0 Å². The van der Waals surface area contributed by atoms with Crippen molar-refractivity contribution in [2.45, 2.75) is 0 Å².